The van der Waals surface area contributed by atoms with Gasteiger partial charge in [0, 0.05) is 32.0 Å². The largest absolute Gasteiger partial charge is 0.384 e. The Hall–Kier alpha value is -2.36. The Bertz CT molecular complexity index is 684. The molecule has 0 bridgehead atoms. The van der Waals surface area contributed by atoms with Crippen LogP contribution in [0.2, 0.25) is 0 Å². The Morgan fingerprint density at radius 3 is 2.91 bits per heavy atom. The molecule has 1 aliphatic heterocycles. The molecule has 1 N–H and O–H groups in total. The van der Waals surface area contributed by atoms with Crippen LogP contribution in [-0.2, 0) is 13.0 Å². The first kappa shape index (κ1) is 15.5. The molecule has 2 heterocycles. The lowest BCUT2D eigenvalue weighted by Gasteiger charge is -2.29. The van der Waals surface area contributed by atoms with Crippen molar-refractivity contribution in [2.45, 2.75) is 32.7 Å². The number of fused-ring (bicyclic) bond motifs is 1. The van der Waals surface area contributed by atoms with Gasteiger partial charge in [0.15, 0.2) is 0 Å². The summed E-state index contributed by atoms with van der Waals surface area (Å²) in [5.74, 6) is 0.0612. The molecule has 1 aromatic carbocycles. The van der Waals surface area contributed by atoms with Gasteiger partial charge in [-0.3, -0.25) is 9.78 Å². The van der Waals surface area contributed by atoms with Crippen molar-refractivity contribution in [3.05, 3.63) is 59.4 Å². The van der Waals surface area contributed by atoms with Crippen molar-refractivity contribution in [2.24, 2.45) is 0 Å². The van der Waals surface area contributed by atoms with E-state index >= 15 is 0 Å². The highest BCUT2D eigenvalue weighted by molar-refractivity contribution is 5.94. The number of benzene rings is 1. The zero-order valence-electron chi connectivity index (χ0n) is 13.6. The minimum Gasteiger partial charge on any atom is -0.384 e. The van der Waals surface area contributed by atoms with E-state index in [0.717, 1.165) is 38.0 Å². The number of aromatic nitrogens is 1. The van der Waals surface area contributed by atoms with Gasteiger partial charge in [0.1, 0.15) is 0 Å². The molecule has 0 radical (unpaired) electrons. The summed E-state index contributed by atoms with van der Waals surface area (Å²) in [6.45, 7) is 4.52. The number of unbranched alkanes of at least 4 members (excludes halogenated alkanes) is 1. The maximum atomic E-state index is 12.7. The minimum atomic E-state index is 0.0612. The van der Waals surface area contributed by atoms with Crippen LogP contribution in [0.15, 0.2) is 42.7 Å². The fourth-order valence-electron chi connectivity index (χ4n) is 2.91. The summed E-state index contributed by atoms with van der Waals surface area (Å²) < 4.78 is 0. The maximum absolute atomic E-state index is 12.7. The molecule has 1 aromatic heterocycles. The molecule has 0 aliphatic carbocycles. The molecular weight excluding hydrogens is 286 g/mol. The topological polar surface area (TPSA) is 45.2 Å². The normalized spacial score (nSPS) is 13.5. The van der Waals surface area contributed by atoms with Gasteiger partial charge in [-0.15, -0.1) is 0 Å². The molecule has 0 unspecified atom stereocenters. The molecular formula is C19H23N3O. The second kappa shape index (κ2) is 7.27. The van der Waals surface area contributed by atoms with E-state index in [2.05, 4.69) is 35.4 Å². The lowest BCUT2D eigenvalue weighted by Crippen LogP contribution is -2.36. The molecule has 4 nitrogen and oxygen atoms in total. The highest BCUT2D eigenvalue weighted by atomic mass is 16.2. The van der Waals surface area contributed by atoms with Gasteiger partial charge < -0.3 is 10.2 Å². The average Bonchev–Trinajstić information content (AvgIpc) is 2.61. The van der Waals surface area contributed by atoms with Crippen molar-refractivity contribution in [3.63, 3.8) is 0 Å². The summed E-state index contributed by atoms with van der Waals surface area (Å²) in [7, 11) is 0. The first-order valence-electron chi connectivity index (χ1n) is 8.33. The van der Waals surface area contributed by atoms with Crippen molar-refractivity contribution >= 4 is 11.6 Å². The molecule has 0 fully saturated rings. The number of rotatable bonds is 5. The quantitative estimate of drug-likeness (QED) is 0.860. The van der Waals surface area contributed by atoms with Crippen LogP contribution in [0.1, 0.15) is 41.3 Å². The number of nitrogens with zero attached hydrogens (tertiary/aromatic N) is 2. The lowest BCUT2D eigenvalue weighted by molar-refractivity contribution is 0.0734. The van der Waals surface area contributed by atoms with Crippen LogP contribution in [0.5, 0.6) is 0 Å². The van der Waals surface area contributed by atoms with Gasteiger partial charge in [0.25, 0.3) is 5.91 Å². The standard InChI is InChI=1S/C19H23N3O/c1-2-3-9-21-18-11-17(12-20-13-18)19(23)22-10-8-15-6-4-5-7-16(15)14-22/h4-7,11-13,21H,2-3,8-10,14H2,1H3. The van der Waals surface area contributed by atoms with Crippen LogP contribution in [-0.4, -0.2) is 28.9 Å². The Morgan fingerprint density at radius 1 is 1.26 bits per heavy atom. The summed E-state index contributed by atoms with van der Waals surface area (Å²) in [6.07, 6.45) is 6.61. The third kappa shape index (κ3) is 3.70. The van der Waals surface area contributed by atoms with Gasteiger partial charge in [-0.05, 0) is 30.0 Å². The molecule has 0 saturated heterocycles. The number of hydrogen-bond acceptors (Lipinski definition) is 3. The van der Waals surface area contributed by atoms with E-state index in [1.807, 2.05) is 17.0 Å². The summed E-state index contributed by atoms with van der Waals surface area (Å²) in [5, 5.41) is 3.33. The van der Waals surface area contributed by atoms with Crippen molar-refractivity contribution in [1.29, 1.82) is 0 Å². The van der Waals surface area contributed by atoms with Gasteiger partial charge >= 0.3 is 0 Å². The zero-order chi connectivity index (χ0) is 16.1. The maximum Gasteiger partial charge on any atom is 0.255 e. The van der Waals surface area contributed by atoms with Gasteiger partial charge in [-0.2, -0.15) is 0 Å². The van der Waals surface area contributed by atoms with Crippen LogP contribution in [0, 0.1) is 0 Å². The summed E-state index contributed by atoms with van der Waals surface area (Å²) in [4.78, 5) is 18.9. The second-order valence-corrected chi connectivity index (χ2v) is 5.99. The third-order valence-electron chi connectivity index (χ3n) is 4.26. The smallest absolute Gasteiger partial charge is 0.255 e. The number of carbonyl (C=O) groups excluding carboxylic acids is 1. The zero-order valence-corrected chi connectivity index (χ0v) is 13.6. The van der Waals surface area contributed by atoms with Crippen molar-refractivity contribution in [3.8, 4) is 0 Å². The van der Waals surface area contributed by atoms with Crippen LogP contribution < -0.4 is 5.32 Å². The van der Waals surface area contributed by atoms with E-state index in [4.69, 9.17) is 0 Å². The predicted octanol–water partition coefficient (Wildman–Crippen LogP) is 3.49. The Kier molecular flexibility index (Phi) is 4.91. The van der Waals surface area contributed by atoms with Crippen LogP contribution in [0.3, 0.4) is 0 Å². The highest BCUT2D eigenvalue weighted by Crippen LogP contribution is 2.20. The van der Waals surface area contributed by atoms with Gasteiger partial charge in [0.05, 0.1) is 11.3 Å². The molecule has 1 amide bonds. The molecule has 23 heavy (non-hydrogen) atoms. The summed E-state index contributed by atoms with van der Waals surface area (Å²) in [6, 6.07) is 10.3. The number of hydrogen-bond donors (Lipinski definition) is 1. The van der Waals surface area contributed by atoms with E-state index in [9.17, 15) is 4.79 Å². The van der Waals surface area contributed by atoms with E-state index in [1.54, 1.807) is 12.4 Å². The third-order valence-corrected chi connectivity index (χ3v) is 4.26. The lowest BCUT2D eigenvalue weighted by atomic mass is 9.99. The van der Waals surface area contributed by atoms with E-state index in [0.29, 0.717) is 12.1 Å². The number of amides is 1. The molecule has 1 aliphatic rings. The Balaban J connectivity index is 1.70. The van der Waals surface area contributed by atoms with Gasteiger partial charge in [0.2, 0.25) is 0 Å². The molecule has 3 rings (SSSR count). The fraction of sp³-hybridized carbons (Fsp3) is 0.368. The number of anilines is 1. The molecule has 0 atom stereocenters. The monoisotopic (exact) mass is 309 g/mol. The van der Waals surface area contributed by atoms with E-state index in [-0.39, 0.29) is 5.91 Å². The predicted molar refractivity (Wildman–Crippen MR) is 92.5 cm³/mol. The first-order chi connectivity index (χ1) is 11.3. The summed E-state index contributed by atoms with van der Waals surface area (Å²) in [5.41, 5.74) is 4.18. The van der Waals surface area contributed by atoms with Crippen LogP contribution in [0.4, 0.5) is 5.69 Å². The molecule has 2 aromatic rings. The van der Waals surface area contributed by atoms with E-state index in [1.165, 1.54) is 11.1 Å². The van der Waals surface area contributed by atoms with Gasteiger partial charge in [-0.1, -0.05) is 37.6 Å². The SMILES string of the molecule is CCCCNc1cncc(C(=O)N2CCc3ccccc3C2)c1. The minimum absolute atomic E-state index is 0.0612. The number of pyridine rings is 1. The van der Waals surface area contributed by atoms with Gasteiger partial charge in [-0.25, -0.2) is 0 Å². The first-order valence-corrected chi connectivity index (χ1v) is 8.33. The van der Waals surface area contributed by atoms with Crippen molar-refractivity contribution in [2.75, 3.05) is 18.4 Å². The molecule has 0 saturated carbocycles. The van der Waals surface area contributed by atoms with Crippen molar-refractivity contribution in [1.82, 2.24) is 9.88 Å². The summed E-state index contributed by atoms with van der Waals surface area (Å²) >= 11 is 0. The highest BCUT2D eigenvalue weighted by Gasteiger charge is 2.21. The average molecular weight is 309 g/mol. The second-order valence-electron chi connectivity index (χ2n) is 5.99. The van der Waals surface area contributed by atoms with Crippen molar-refractivity contribution < 1.29 is 4.79 Å². The van der Waals surface area contributed by atoms with Crippen LogP contribution in [0.25, 0.3) is 0 Å². The molecule has 4 heteroatoms. The fourth-order valence-corrected chi connectivity index (χ4v) is 2.91. The molecule has 120 valence electrons. The Labute approximate surface area is 137 Å². The number of nitrogens with one attached hydrogen (secondary N) is 1. The van der Waals surface area contributed by atoms with Crippen LogP contribution >= 0.6 is 0 Å². The number of carbonyl (C=O) groups is 1. The molecule has 0 spiro atoms. The Morgan fingerprint density at radius 2 is 2.09 bits per heavy atom. The van der Waals surface area contributed by atoms with E-state index < -0.39 is 0 Å².